The second kappa shape index (κ2) is 12.3. The van der Waals surface area contributed by atoms with Crippen LogP contribution >= 0.6 is 0 Å². The summed E-state index contributed by atoms with van der Waals surface area (Å²) in [4.78, 5) is 22.9. The zero-order chi connectivity index (χ0) is 24.3. The van der Waals surface area contributed by atoms with Crippen LogP contribution in [-0.4, -0.2) is 24.2 Å². The van der Waals surface area contributed by atoms with Crippen LogP contribution in [0.5, 0.6) is 11.5 Å². The smallest absolute Gasteiger partial charge is 0.330 e. The van der Waals surface area contributed by atoms with Gasteiger partial charge in [0.1, 0.15) is 24.2 Å². The highest BCUT2D eigenvalue weighted by atomic mass is 16.5. The number of ether oxygens (including phenoxy) is 3. The zero-order valence-electron chi connectivity index (χ0n) is 19.3. The number of esters is 1. The first-order chi connectivity index (χ1) is 16.5. The van der Waals surface area contributed by atoms with E-state index in [4.69, 9.17) is 14.2 Å². The maximum absolute atomic E-state index is 11.6. The van der Waals surface area contributed by atoms with Crippen LogP contribution in [0.15, 0.2) is 78.9 Å². The Morgan fingerprint density at radius 2 is 1.74 bits per heavy atom. The van der Waals surface area contributed by atoms with Crippen molar-refractivity contribution in [3.8, 4) is 11.5 Å². The lowest BCUT2D eigenvalue weighted by atomic mass is 9.99. The van der Waals surface area contributed by atoms with Gasteiger partial charge in [0.15, 0.2) is 0 Å². The molecule has 0 aliphatic rings. The van der Waals surface area contributed by atoms with Crippen molar-refractivity contribution in [1.82, 2.24) is 0 Å². The van der Waals surface area contributed by atoms with Crippen molar-refractivity contribution < 1.29 is 28.9 Å². The fourth-order valence-electron chi connectivity index (χ4n) is 3.44. The number of aryl methyl sites for hydroxylation is 1. The lowest BCUT2D eigenvalue weighted by molar-refractivity contribution is -0.137. The van der Waals surface area contributed by atoms with E-state index in [9.17, 15) is 14.7 Å². The van der Waals surface area contributed by atoms with E-state index in [0.717, 1.165) is 16.7 Å². The maximum Gasteiger partial charge on any atom is 0.330 e. The van der Waals surface area contributed by atoms with Gasteiger partial charge in [0.05, 0.1) is 7.11 Å². The van der Waals surface area contributed by atoms with Crippen molar-refractivity contribution >= 4 is 18.0 Å². The predicted molar refractivity (Wildman–Crippen MR) is 130 cm³/mol. The molecule has 3 rings (SSSR count). The standard InChI is InChI=1S/C28H28O6/c1-20-8-6-7-11-24(20)25(15-16-27(29)30)34-26-18-23(33-19-21-9-4-3-5-10-21)14-12-22(26)13-17-28(31)32-2/h3-14,17-18,25H,15-16,19H2,1-2H3,(H,29,30)/b17-13+. The average Bonchev–Trinajstić information content (AvgIpc) is 2.85. The normalized spacial score (nSPS) is 11.7. The fourth-order valence-corrected chi connectivity index (χ4v) is 3.44. The van der Waals surface area contributed by atoms with Crippen LogP contribution in [0.3, 0.4) is 0 Å². The molecule has 3 aromatic rings. The molecular weight excluding hydrogens is 432 g/mol. The lowest BCUT2D eigenvalue weighted by Crippen LogP contribution is -2.12. The third-order valence-corrected chi connectivity index (χ3v) is 5.26. The molecule has 3 aromatic carbocycles. The minimum Gasteiger partial charge on any atom is -0.489 e. The van der Waals surface area contributed by atoms with Gasteiger partial charge in [-0.05, 0) is 48.2 Å². The van der Waals surface area contributed by atoms with Crippen molar-refractivity contribution in [2.24, 2.45) is 0 Å². The molecule has 1 atom stereocenters. The highest BCUT2D eigenvalue weighted by molar-refractivity contribution is 5.87. The monoisotopic (exact) mass is 460 g/mol. The minimum absolute atomic E-state index is 0.0451. The van der Waals surface area contributed by atoms with Gasteiger partial charge in [0.25, 0.3) is 0 Å². The van der Waals surface area contributed by atoms with Crippen molar-refractivity contribution in [1.29, 1.82) is 0 Å². The maximum atomic E-state index is 11.6. The van der Waals surface area contributed by atoms with Crippen LogP contribution in [0.1, 0.15) is 41.2 Å². The first-order valence-corrected chi connectivity index (χ1v) is 11.0. The number of carbonyl (C=O) groups excluding carboxylic acids is 1. The highest BCUT2D eigenvalue weighted by Crippen LogP contribution is 2.33. The second-order valence-electron chi connectivity index (χ2n) is 7.73. The molecule has 0 aliphatic heterocycles. The second-order valence-corrected chi connectivity index (χ2v) is 7.73. The molecule has 0 heterocycles. The van der Waals surface area contributed by atoms with Gasteiger partial charge < -0.3 is 19.3 Å². The highest BCUT2D eigenvalue weighted by Gasteiger charge is 2.19. The Bertz CT molecular complexity index is 1140. The fraction of sp³-hybridized carbons (Fsp3) is 0.214. The molecule has 0 amide bonds. The number of benzene rings is 3. The lowest BCUT2D eigenvalue weighted by Gasteiger charge is -2.22. The molecule has 0 aliphatic carbocycles. The largest absolute Gasteiger partial charge is 0.489 e. The summed E-state index contributed by atoms with van der Waals surface area (Å²) in [6.07, 6.45) is 2.67. The molecule has 0 saturated carbocycles. The number of carboxylic acid groups (broad SMARTS) is 1. The summed E-state index contributed by atoms with van der Waals surface area (Å²) < 4.78 is 17.0. The Hall–Kier alpha value is -4.06. The summed E-state index contributed by atoms with van der Waals surface area (Å²) in [5.41, 5.74) is 3.58. The Balaban J connectivity index is 1.92. The van der Waals surface area contributed by atoms with E-state index in [2.05, 4.69) is 0 Å². The number of carbonyl (C=O) groups is 2. The molecule has 0 fully saturated rings. The van der Waals surface area contributed by atoms with Gasteiger partial charge in [-0.2, -0.15) is 0 Å². The molecule has 1 N–H and O–H groups in total. The van der Waals surface area contributed by atoms with Crippen molar-refractivity contribution in [2.45, 2.75) is 32.5 Å². The number of aliphatic carboxylic acids is 1. The third-order valence-electron chi connectivity index (χ3n) is 5.26. The van der Waals surface area contributed by atoms with Gasteiger partial charge in [0, 0.05) is 24.1 Å². The van der Waals surface area contributed by atoms with Gasteiger partial charge in [-0.15, -0.1) is 0 Å². The van der Waals surface area contributed by atoms with Gasteiger partial charge in [-0.3, -0.25) is 4.79 Å². The van der Waals surface area contributed by atoms with E-state index in [1.165, 1.54) is 13.2 Å². The number of rotatable bonds is 11. The average molecular weight is 461 g/mol. The SMILES string of the molecule is COC(=O)/C=C/c1ccc(OCc2ccccc2)cc1OC(CCC(=O)O)c1ccccc1C. The molecule has 0 bridgehead atoms. The predicted octanol–water partition coefficient (Wildman–Crippen LogP) is 5.75. The molecule has 34 heavy (non-hydrogen) atoms. The number of hydrogen-bond donors (Lipinski definition) is 1. The summed E-state index contributed by atoms with van der Waals surface area (Å²) in [5.74, 6) is -0.315. The summed E-state index contributed by atoms with van der Waals surface area (Å²) in [6.45, 7) is 2.35. The first kappa shape index (κ1) is 24.6. The Morgan fingerprint density at radius 3 is 2.44 bits per heavy atom. The van der Waals surface area contributed by atoms with Crippen molar-refractivity contribution in [3.63, 3.8) is 0 Å². The van der Waals surface area contributed by atoms with Gasteiger partial charge in [0.2, 0.25) is 0 Å². The Kier molecular flexibility index (Phi) is 8.86. The van der Waals surface area contributed by atoms with E-state index < -0.39 is 18.0 Å². The van der Waals surface area contributed by atoms with Crippen LogP contribution in [0.25, 0.3) is 6.08 Å². The van der Waals surface area contributed by atoms with Gasteiger partial charge in [-0.25, -0.2) is 4.79 Å². The van der Waals surface area contributed by atoms with E-state index in [0.29, 0.717) is 23.7 Å². The summed E-state index contributed by atoms with van der Waals surface area (Å²) >= 11 is 0. The van der Waals surface area contributed by atoms with E-state index >= 15 is 0 Å². The quantitative estimate of drug-likeness (QED) is 0.290. The third kappa shape index (κ3) is 7.24. The van der Waals surface area contributed by atoms with Crippen molar-refractivity contribution in [2.75, 3.05) is 7.11 Å². The first-order valence-electron chi connectivity index (χ1n) is 11.0. The number of carboxylic acids is 1. The van der Waals surface area contributed by atoms with Crippen LogP contribution < -0.4 is 9.47 Å². The molecule has 0 radical (unpaired) electrons. The van der Waals surface area contributed by atoms with Crippen LogP contribution in [-0.2, 0) is 20.9 Å². The molecular formula is C28H28O6. The molecule has 6 nitrogen and oxygen atoms in total. The molecule has 0 saturated heterocycles. The molecule has 6 heteroatoms. The zero-order valence-corrected chi connectivity index (χ0v) is 19.3. The number of methoxy groups -OCH3 is 1. The molecule has 176 valence electrons. The van der Waals surface area contributed by atoms with Gasteiger partial charge in [-0.1, -0.05) is 54.6 Å². The minimum atomic E-state index is -0.895. The molecule has 0 spiro atoms. The van der Waals surface area contributed by atoms with Gasteiger partial charge >= 0.3 is 11.9 Å². The Labute approximate surface area is 199 Å². The molecule has 1 unspecified atom stereocenters. The van der Waals surface area contributed by atoms with E-state index in [-0.39, 0.29) is 12.8 Å². The van der Waals surface area contributed by atoms with Crippen molar-refractivity contribution in [3.05, 3.63) is 101 Å². The topological polar surface area (TPSA) is 82.1 Å². The van der Waals surface area contributed by atoms with E-state index in [1.54, 1.807) is 24.3 Å². The van der Waals surface area contributed by atoms with Crippen LogP contribution in [0, 0.1) is 6.92 Å². The van der Waals surface area contributed by atoms with E-state index in [1.807, 2.05) is 61.5 Å². The number of hydrogen-bond acceptors (Lipinski definition) is 5. The summed E-state index contributed by atoms with van der Waals surface area (Å²) in [5, 5.41) is 9.26. The molecule has 0 aromatic heterocycles. The Morgan fingerprint density at radius 1 is 1.00 bits per heavy atom. The van der Waals surface area contributed by atoms with Crippen LogP contribution in [0.2, 0.25) is 0 Å². The van der Waals surface area contributed by atoms with Crippen LogP contribution in [0.4, 0.5) is 0 Å². The summed E-state index contributed by atoms with van der Waals surface area (Å²) in [6, 6.07) is 22.9. The summed E-state index contributed by atoms with van der Waals surface area (Å²) in [7, 11) is 1.31.